The van der Waals surface area contributed by atoms with Gasteiger partial charge in [0.25, 0.3) is 0 Å². The lowest BCUT2D eigenvalue weighted by atomic mass is 9.69. The Kier molecular flexibility index (Phi) is 6.84. The molecule has 0 saturated heterocycles. The third kappa shape index (κ3) is 5.13. The Morgan fingerprint density at radius 2 is 1.32 bits per heavy atom. The van der Waals surface area contributed by atoms with Crippen molar-refractivity contribution in [2.75, 3.05) is 0 Å². The van der Waals surface area contributed by atoms with Crippen LogP contribution in [0.2, 0.25) is 0 Å². The third-order valence-corrected chi connectivity index (χ3v) is 8.00. The summed E-state index contributed by atoms with van der Waals surface area (Å²) >= 11 is 0. The van der Waals surface area contributed by atoms with Crippen LogP contribution < -0.4 is 0 Å². The van der Waals surface area contributed by atoms with E-state index >= 15 is 0 Å². The zero-order valence-electron chi connectivity index (χ0n) is 20.9. The van der Waals surface area contributed by atoms with Crippen molar-refractivity contribution < 1.29 is 4.79 Å². The average molecular weight is 419 g/mol. The molecule has 1 atom stereocenters. The minimum Gasteiger partial charge on any atom is -0.298 e. The fraction of sp³-hybridized carbons (Fsp3) is 0.567. The van der Waals surface area contributed by atoms with Crippen LogP contribution in [-0.4, -0.2) is 6.29 Å². The first-order chi connectivity index (χ1) is 14.5. The summed E-state index contributed by atoms with van der Waals surface area (Å²) in [6.07, 6.45) is 22.8. The molecular formula is C30H42O. The Balaban J connectivity index is 1.87. The number of hydrogen-bond donors (Lipinski definition) is 0. The highest BCUT2D eigenvalue weighted by molar-refractivity contribution is 5.78. The Morgan fingerprint density at radius 3 is 1.84 bits per heavy atom. The summed E-state index contributed by atoms with van der Waals surface area (Å²) in [5, 5.41) is 0. The average Bonchev–Trinajstić information content (AvgIpc) is 2.66. The molecule has 0 fully saturated rings. The van der Waals surface area contributed by atoms with Gasteiger partial charge in [-0.05, 0) is 86.3 Å². The van der Waals surface area contributed by atoms with Crippen molar-refractivity contribution >= 4 is 6.29 Å². The van der Waals surface area contributed by atoms with E-state index in [1.54, 1.807) is 0 Å². The van der Waals surface area contributed by atoms with Crippen molar-refractivity contribution in [3.8, 4) is 0 Å². The van der Waals surface area contributed by atoms with Gasteiger partial charge in [-0.15, -0.1) is 0 Å². The molecule has 168 valence electrons. The molecule has 3 aliphatic carbocycles. The van der Waals surface area contributed by atoms with Gasteiger partial charge in [0.05, 0.1) is 0 Å². The van der Waals surface area contributed by atoms with E-state index in [1.807, 2.05) is 6.08 Å². The molecule has 0 aromatic heterocycles. The van der Waals surface area contributed by atoms with Crippen LogP contribution in [0.25, 0.3) is 0 Å². The quantitative estimate of drug-likeness (QED) is 0.408. The van der Waals surface area contributed by atoms with E-state index in [0.717, 1.165) is 18.3 Å². The fourth-order valence-corrected chi connectivity index (χ4v) is 5.89. The molecule has 0 radical (unpaired) electrons. The number of allylic oxidation sites excluding steroid dienone is 12. The summed E-state index contributed by atoms with van der Waals surface area (Å²) in [6.45, 7) is 16.2. The van der Waals surface area contributed by atoms with Crippen molar-refractivity contribution in [3.05, 3.63) is 69.9 Å². The summed E-state index contributed by atoms with van der Waals surface area (Å²) in [7, 11) is 0. The zero-order chi connectivity index (χ0) is 22.9. The van der Waals surface area contributed by atoms with Gasteiger partial charge in [-0.25, -0.2) is 0 Å². The van der Waals surface area contributed by atoms with Crippen LogP contribution >= 0.6 is 0 Å². The van der Waals surface area contributed by atoms with E-state index in [0.29, 0.717) is 0 Å². The Bertz CT molecular complexity index is 910. The van der Waals surface area contributed by atoms with Crippen LogP contribution in [0, 0.1) is 16.2 Å². The maximum absolute atomic E-state index is 11.9. The molecule has 0 bridgehead atoms. The summed E-state index contributed by atoms with van der Waals surface area (Å²) < 4.78 is 0. The number of carbonyl (C=O) groups excluding carboxylic acids is 1. The van der Waals surface area contributed by atoms with E-state index < -0.39 is 0 Å². The van der Waals surface area contributed by atoms with E-state index in [9.17, 15) is 4.79 Å². The topological polar surface area (TPSA) is 17.1 Å². The van der Waals surface area contributed by atoms with Crippen LogP contribution in [0.5, 0.6) is 0 Å². The molecule has 1 heteroatoms. The molecule has 0 saturated carbocycles. The second-order valence-electron chi connectivity index (χ2n) is 11.6. The maximum atomic E-state index is 11.9. The minimum atomic E-state index is -0.261. The summed E-state index contributed by atoms with van der Waals surface area (Å²) in [5.74, 6) is 0. The zero-order valence-corrected chi connectivity index (χ0v) is 20.9. The summed E-state index contributed by atoms with van der Waals surface area (Å²) in [6, 6.07) is 0. The highest BCUT2D eigenvalue weighted by Crippen LogP contribution is 2.45. The lowest BCUT2D eigenvalue weighted by molar-refractivity contribution is -0.105. The Hall–Kier alpha value is -1.89. The molecule has 0 heterocycles. The molecule has 3 aliphatic rings. The lowest BCUT2D eigenvalue weighted by Gasteiger charge is -2.35. The van der Waals surface area contributed by atoms with Crippen LogP contribution in [0.3, 0.4) is 0 Å². The first-order valence-electron chi connectivity index (χ1n) is 12.1. The van der Waals surface area contributed by atoms with Crippen LogP contribution in [0.15, 0.2) is 69.9 Å². The van der Waals surface area contributed by atoms with Crippen LogP contribution in [-0.2, 0) is 4.79 Å². The lowest BCUT2D eigenvalue weighted by Crippen LogP contribution is -2.23. The van der Waals surface area contributed by atoms with Gasteiger partial charge in [0.2, 0.25) is 0 Å². The Morgan fingerprint density at radius 1 is 0.774 bits per heavy atom. The molecule has 0 spiro atoms. The van der Waals surface area contributed by atoms with Crippen molar-refractivity contribution in [1.82, 2.24) is 0 Å². The van der Waals surface area contributed by atoms with Gasteiger partial charge >= 0.3 is 0 Å². The first kappa shape index (κ1) is 23.8. The van der Waals surface area contributed by atoms with E-state index in [1.165, 1.54) is 66.4 Å². The maximum Gasteiger partial charge on any atom is 0.146 e. The van der Waals surface area contributed by atoms with Crippen LogP contribution in [0.1, 0.15) is 93.4 Å². The summed E-state index contributed by atoms with van der Waals surface area (Å²) in [4.78, 5) is 11.9. The van der Waals surface area contributed by atoms with Gasteiger partial charge in [0, 0.05) is 11.0 Å². The molecule has 3 rings (SSSR count). The standard InChI is InChI=1S/C30H42O/c1-22-10-8-17-28(3,4)26(22)15-13-24-12-14-25(21-31)30(7,20-24)19-16-27-23(2)11-9-18-29(27,5)6/h12-16,19,21H,8-11,17-18,20H2,1-7H3. The van der Waals surface area contributed by atoms with E-state index in [2.05, 4.69) is 78.8 Å². The highest BCUT2D eigenvalue weighted by atomic mass is 16.1. The summed E-state index contributed by atoms with van der Waals surface area (Å²) in [5.41, 5.74) is 8.35. The minimum absolute atomic E-state index is 0.212. The molecule has 0 aromatic rings. The second kappa shape index (κ2) is 8.93. The largest absolute Gasteiger partial charge is 0.298 e. The fourth-order valence-electron chi connectivity index (χ4n) is 5.89. The molecule has 31 heavy (non-hydrogen) atoms. The molecule has 0 aromatic carbocycles. The monoisotopic (exact) mass is 418 g/mol. The van der Waals surface area contributed by atoms with Crippen molar-refractivity contribution in [3.63, 3.8) is 0 Å². The smallest absolute Gasteiger partial charge is 0.146 e. The molecule has 1 nitrogen and oxygen atoms in total. The van der Waals surface area contributed by atoms with Gasteiger partial charge in [-0.3, -0.25) is 4.79 Å². The van der Waals surface area contributed by atoms with Gasteiger partial charge in [-0.1, -0.05) is 82.2 Å². The SMILES string of the molecule is CC1=C(C=CC2=CC=C(C=O)C(C)(C=CC3=C(C)CCCC3(C)C)C2)C(C)(C)CCC1. The van der Waals surface area contributed by atoms with Crippen molar-refractivity contribution in [1.29, 1.82) is 0 Å². The number of hydrogen-bond acceptors (Lipinski definition) is 1. The Labute approximate surface area is 190 Å². The van der Waals surface area contributed by atoms with Crippen molar-refractivity contribution in [2.24, 2.45) is 16.2 Å². The molecule has 0 aliphatic heterocycles. The molecular weight excluding hydrogens is 376 g/mol. The highest BCUT2D eigenvalue weighted by Gasteiger charge is 2.32. The normalized spacial score (nSPS) is 28.9. The second-order valence-corrected chi connectivity index (χ2v) is 11.6. The first-order valence-corrected chi connectivity index (χ1v) is 12.1. The number of rotatable bonds is 5. The molecule has 1 unspecified atom stereocenters. The number of aldehydes is 1. The van der Waals surface area contributed by atoms with E-state index in [-0.39, 0.29) is 16.2 Å². The number of carbonyl (C=O) groups is 1. The van der Waals surface area contributed by atoms with Crippen LogP contribution in [0.4, 0.5) is 0 Å². The molecule has 0 amide bonds. The van der Waals surface area contributed by atoms with E-state index in [4.69, 9.17) is 0 Å². The van der Waals surface area contributed by atoms with Gasteiger partial charge in [0.1, 0.15) is 6.29 Å². The van der Waals surface area contributed by atoms with Gasteiger partial charge in [-0.2, -0.15) is 0 Å². The van der Waals surface area contributed by atoms with Crippen molar-refractivity contribution in [2.45, 2.75) is 93.4 Å². The van der Waals surface area contributed by atoms with Gasteiger partial charge in [0.15, 0.2) is 0 Å². The predicted molar refractivity (Wildman–Crippen MR) is 134 cm³/mol. The molecule has 0 N–H and O–H groups in total. The third-order valence-electron chi connectivity index (χ3n) is 8.00. The predicted octanol–water partition coefficient (Wildman–Crippen LogP) is 8.61. The van der Waals surface area contributed by atoms with Gasteiger partial charge < -0.3 is 0 Å².